The second-order valence-electron chi connectivity index (χ2n) is 3.79. The van der Waals surface area contributed by atoms with Crippen molar-refractivity contribution in [2.24, 2.45) is 0 Å². The number of nitrogens with zero attached hydrogens (tertiary/aromatic N) is 4. The summed E-state index contributed by atoms with van der Waals surface area (Å²) in [4.78, 5) is 4.32. The monoisotopic (exact) mass is 295 g/mol. The number of nitrogens with one attached hydrogen (secondary N) is 1. The van der Waals surface area contributed by atoms with E-state index in [9.17, 15) is 0 Å². The number of pyridine rings is 1. The quantitative estimate of drug-likeness (QED) is 0.860. The number of anilines is 1. The zero-order valence-electron chi connectivity index (χ0n) is 9.60. The standard InChI is InChI=1S/C11H14BrN5/c1-9-7-10(12)11(14-8-9)13-3-2-5-17-6-4-15-16-17/h4,6-8H,2-3,5H2,1H3,(H,13,14). The van der Waals surface area contributed by atoms with Crippen molar-refractivity contribution in [2.45, 2.75) is 19.9 Å². The number of hydrogen-bond donors (Lipinski definition) is 1. The predicted octanol–water partition coefficient (Wildman–Crippen LogP) is 2.25. The molecule has 0 spiro atoms. The molecule has 90 valence electrons. The van der Waals surface area contributed by atoms with Crippen molar-refractivity contribution >= 4 is 21.7 Å². The zero-order valence-corrected chi connectivity index (χ0v) is 11.2. The Bertz CT molecular complexity index is 469. The SMILES string of the molecule is Cc1cnc(NCCCn2ccnn2)c(Br)c1. The van der Waals surface area contributed by atoms with Gasteiger partial charge in [-0.05, 0) is 40.9 Å². The first kappa shape index (κ1) is 12.0. The van der Waals surface area contributed by atoms with E-state index >= 15 is 0 Å². The smallest absolute Gasteiger partial charge is 0.140 e. The largest absolute Gasteiger partial charge is 0.369 e. The first-order valence-electron chi connectivity index (χ1n) is 5.46. The van der Waals surface area contributed by atoms with Gasteiger partial charge in [-0.2, -0.15) is 0 Å². The fourth-order valence-corrected chi connectivity index (χ4v) is 2.07. The van der Waals surface area contributed by atoms with Crippen molar-refractivity contribution in [1.29, 1.82) is 0 Å². The van der Waals surface area contributed by atoms with E-state index in [2.05, 4.69) is 36.5 Å². The van der Waals surface area contributed by atoms with Crippen LogP contribution in [0.2, 0.25) is 0 Å². The molecule has 0 atom stereocenters. The maximum Gasteiger partial charge on any atom is 0.140 e. The molecule has 0 radical (unpaired) electrons. The molecule has 6 heteroatoms. The molecule has 1 N–H and O–H groups in total. The van der Waals surface area contributed by atoms with Crippen molar-refractivity contribution in [3.05, 3.63) is 34.7 Å². The van der Waals surface area contributed by atoms with Gasteiger partial charge in [0.25, 0.3) is 0 Å². The molecule has 0 amide bonds. The minimum Gasteiger partial charge on any atom is -0.369 e. The van der Waals surface area contributed by atoms with Crippen molar-refractivity contribution in [3.63, 3.8) is 0 Å². The molecule has 0 saturated heterocycles. The summed E-state index contributed by atoms with van der Waals surface area (Å²) in [5.74, 6) is 0.884. The van der Waals surface area contributed by atoms with E-state index in [0.717, 1.165) is 35.4 Å². The Morgan fingerprint density at radius 1 is 1.47 bits per heavy atom. The van der Waals surface area contributed by atoms with Crippen molar-refractivity contribution in [3.8, 4) is 0 Å². The molecule has 5 nitrogen and oxygen atoms in total. The van der Waals surface area contributed by atoms with Crippen LogP contribution in [-0.2, 0) is 6.54 Å². The average molecular weight is 296 g/mol. The van der Waals surface area contributed by atoms with E-state index in [1.807, 2.05) is 30.1 Å². The van der Waals surface area contributed by atoms with Gasteiger partial charge in [0, 0.05) is 25.5 Å². The highest BCUT2D eigenvalue weighted by atomic mass is 79.9. The van der Waals surface area contributed by atoms with Gasteiger partial charge in [0.05, 0.1) is 10.7 Å². The highest BCUT2D eigenvalue weighted by Crippen LogP contribution is 2.20. The van der Waals surface area contributed by atoms with Gasteiger partial charge in [-0.15, -0.1) is 5.10 Å². The van der Waals surface area contributed by atoms with Crippen molar-refractivity contribution in [2.75, 3.05) is 11.9 Å². The molecule has 0 fully saturated rings. The lowest BCUT2D eigenvalue weighted by atomic mass is 10.3. The van der Waals surface area contributed by atoms with Crippen LogP contribution in [0.3, 0.4) is 0 Å². The van der Waals surface area contributed by atoms with Gasteiger partial charge in [0.15, 0.2) is 0 Å². The van der Waals surface area contributed by atoms with Crippen LogP contribution in [0.5, 0.6) is 0 Å². The first-order valence-corrected chi connectivity index (χ1v) is 6.25. The second kappa shape index (κ2) is 5.77. The Labute approximate surface area is 108 Å². The van der Waals surface area contributed by atoms with Gasteiger partial charge < -0.3 is 5.32 Å². The molecule has 2 aromatic rings. The van der Waals surface area contributed by atoms with Crippen LogP contribution in [0.4, 0.5) is 5.82 Å². The van der Waals surface area contributed by atoms with E-state index in [1.54, 1.807) is 6.20 Å². The summed E-state index contributed by atoms with van der Waals surface area (Å²) in [5.41, 5.74) is 1.14. The highest BCUT2D eigenvalue weighted by molar-refractivity contribution is 9.10. The summed E-state index contributed by atoms with van der Waals surface area (Å²) in [5, 5.41) is 10.9. The Morgan fingerprint density at radius 2 is 2.35 bits per heavy atom. The Hall–Kier alpha value is -1.43. The number of halogens is 1. The Kier molecular flexibility index (Phi) is 4.08. The molecule has 2 rings (SSSR count). The summed E-state index contributed by atoms with van der Waals surface area (Å²) >= 11 is 3.49. The van der Waals surface area contributed by atoms with Gasteiger partial charge in [-0.1, -0.05) is 5.21 Å². The molecule has 17 heavy (non-hydrogen) atoms. The number of hydrogen-bond acceptors (Lipinski definition) is 4. The first-order chi connectivity index (χ1) is 8.25. The van der Waals surface area contributed by atoms with Gasteiger partial charge >= 0.3 is 0 Å². The van der Waals surface area contributed by atoms with Crippen LogP contribution in [0, 0.1) is 6.92 Å². The lowest BCUT2D eigenvalue weighted by molar-refractivity contribution is 0.569. The predicted molar refractivity (Wildman–Crippen MR) is 69.8 cm³/mol. The molecule has 0 aliphatic heterocycles. The molecule has 0 aliphatic rings. The fraction of sp³-hybridized carbons (Fsp3) is 0.364. The van der Waals surface area contributed by atoms with Crippen molar-refractivity contribution in [1.82, 2.24) is 20.0 Å². The molecule has 2 aromatic heterocycles. The maximum atomic E-state index is 4.32. The number of rotatable bonds is 5. The summed E-state index contributed by atoms with van der Waals surface area (Å²) in [6, 6.07) is 2.05. The van der Waals surface area contributed by atoms with Crippen LogP contribution < -0.4 is 5.32 Å². The van der Waals surface area contributed by atoms with Gasteiger partial charge in [0.1, 0.15) is 5.82 Å². The van der Waals surface area contributed by atoms with Crippen LogP contribution >= 0.6 is 15.9 Å². The Balaban J connectivity index is 1.78. The topological polar surface area (TPSA) is 55.6 Å². The third-order valence-corrected chi connectivity index (χ3v) is 2.91. The molecular formula is C11H14BrN5. The third-order valence-electron chi connectivity index (χ3n) is 2.31. The third kappa shape index (κ3) is 3.52. The van der Waals surface area contributed by atoms with Gasteiger partial charge in [0.2, 0.25) is 0 Å². The van der Waals surface area contributed by atoms with Crippen LogP contribution in [0.1, 0.15) is 12.0 Å². The molecule has 0 unspecified atom stereocenters. The molecule has 0 aromatic carbocycles. The fourth-order valence-electron chi connectivity index (χ4n) is 1.46. The molecule has 0 bridgehead atoms. The number of aromatic nitrogens is 4. The van der Waals surface area contributed by atoms with Crippen LogP contribution in [0.25, 0.3) is 0 Å². The van der Waals surface area contributed by atoms with Crippen LogP contribution in [-0.4, -0.2) is 26.5 Å². The molecule has 0 saturated carbocycles. The summed E-state index contributed by atoms with van der Waals surface area (Å²) in [6.45, 7) is 3.73. The van der Waals surface area contributed by atoms with E-state index in [4.69, 9.17) is 0 Å². The summed E-state index contributed by atoms with van der Waals surface area (Å²) in [6.07, 6.45) is 6.38. The van der Waals surface area contributed by atoms with Gasteiger partial charge in [-0.25, -0.2) is 4.98 Å². The van der Waals surface area contributed by atoms with E-state index in [-0.39, 0.29) is 0 Å². The lowest BCUT2D eigenvalue weighted by Crippen LogP contribution is -2.08. The van der Waals surface area contributed by atoms with E-state index < -0.39 is 0 Å². The van der Waals surface area contributed by atoms with Crippen molar-refractivity contribution < 1.29 is 0 Å². The van der Waals surface area contributed by atoms with E-state index in [0.29, 0.717) is 0 Å². The lowest BCUT2D eigenvalue weighted by Gasteiger charge is -2.07. The summed E-state index contributed by atoms with van der Waals surface area (Å²) in [7, 11) is 0. The molecule has 0 aliphatic carbocycles. The minimum atomic E-state index is 0.856. The number of aryl methyl sites for hydroxylation is 2. The average Bonchev–Trinajstić information content (AvgIpc) is 2.79. The maximum absolute atomic E-state index is 4.32. The molecular weight excluding hydrogens is 282 g/mol. The minimum absolute atomic E-state index is 0.856. The van der Waals surface area contributed by atoms with Crippen LogP contribution in [0.15, 0.2) is 29.1 Å². The summed E-state index contributed by atoms with van der Waals surface area (Å²) < 4.78 is 2.82. The Morgan fingerprint density at radius 3 is 3.06 bits per heavy atom. The van der Waals surface area contributed by atoms with E-state index in [1.165, 1.54) is 0 Å². The highest BCUT2D eigenvalue weighted by Gasteiger charge is 2.00. The molecule has 2 heterocycles. The zero-order chi connectivity index (χ0) is 12.1. The normalized spacial score (nSPS) is 10.5. The van der Waals surface area contributed by atoms with Gasteiger partial charge in [-0.3, -0.25) is 4.68 Å². The second-order valence-corrected chi connectivity index (χ2v) is 4.64.